The van der Waals surface area contributed by atoms with Crippen LogP contribution in [0.3, 0.4) is 0 Å². The highest BCUT2D eigenvalue weighted by atomic mass is 32.2. The Morgan fingerprint density at radius 3 is 2.86 bits per heavy atom. The normalized spacial score (nSPS) is 20.8. The van der Waals surface area contributed by atoms with E-state index in [4.69, 9.17) is 0 Å². The fraction of sp³-hybridized carbons (Fsp3) is 0.615. The average molecular weight is 332 g/mol. The zero-order valence-corrected chi connectivity index (χ0v) is 13.6. The van der Waals surface area contributed by atoms with E-state index in [1.54, 1.807) is 6.92 Å². The minimum Gasteiger partial charge on any atom is -0.480 e. The third-order valence-electron chi connectivity index (χ3n) is 3.63. The Labute approximate surface area is 129 Å². The molecular weight excluding hydrogens is 312 g/mol. The zero-order chi connectivity index (χ0) is 15.5. The Morgan fingerprint density at radius 1 is 1.52 bits per heavy atom. The molecule has 2 rings (SSSR count). The number of hydrogen-bond donors (Lipinski definition) is 1. The number of piperidine rings is 1. The van der Waals surface area contributed by atoms with Crippen molar-refractivity contribution in [2.45, 2.75) is 38.8 Å². The van der Waals surface area contributed by atoms with Gasteiger partial charge in [-0.15, -0.1) is 11.3 Å². The summed E-state index contributed by atoms with van der Waals surface area (Å²) < 4.78 is 28.0. The molecule has 0 radical (unpaired) electrons. The van der Waals surface area contributed by atoms with E-state index >= 15 is 0 Å². The van der Waals surface area contributed by atoms with Crippen LogP contribution in [0.4, 0.5) is 0 Å². The number of carbonyl (C=O) groups is 1. The molecule has 1 unspecified atom stereocenters. The van der Waals surface area contributed by atoms with E-state index in [-0.39, 0.29) is 6.54 Å². The lowest BCUT2D eigenvalue weighted by Crippen LogP contribution is -2.53. The molecule has 0 aromatic carbocycles. The molecule has 1 atom stereocenters. The van der Waals surface area contributed by atoms with Crippen molar-refractivity contribution >= 4 is 27.5 Å². The summed E-state index contributed by atoms with van der Waals surface area (Å²) in [5.41, 5.74) is 0. The maximum absolute atomic E-state index is 12.8. The Hall–Kier alpha value is -0.960. The smallest absolute Gasteiger partial charge is 0.322 e. The second-order valence-electron chi connectivity index (χ2n) is 4.97. The van der Waals surface area contributed by atoms with Crippen LogP contribution < -0.4 is 0 Å². The number of carboxylic acid groups (broad SMARTS) is 1. The van der Waals surface area contributed by atoms with Crippen LogP contribution in [0, 0.1) is 0 Å². The number of hydrogen-bond acceptors (Lipinski definition) is 4. The predicted molar refractivity (Wildman–Crippen MR) is 81.3 cm³/mol. The fourth-order valence-corrected chi connectivity index (χ4v) is 5.11. The van der Waals surface area contributed by atoms with Crippen molar-refractivity contribution in [1.29, 1.82) is 0 Å². The number of aliphatic carboxylic acids is 1. The van der Waals surface area contributed by atoms with Crippen molar-refractivity contribution in [2.75, 3.05) is 13.1 Å². The first kappa shape index (κ1) is 16.4. The molecule has 1 aliphatic rings. The minimum absolute atomic E-state index is 0.278. The molecule has 1 N–H and O–H groups in total. The first-order valence-corrected chi connectivity index (χ1v) is 9.26. The van der Waals surface area contributed by atoms with Crippen LogP contribution in [0.15, 0.2) is 17.5 Å². The molecule has 0 amide bonds. The van der Waals surface area contributed by atoms with Gasteiger partial charge in [0.15, 0.2) is 0 Å². The van der Waals surface area contributed by atoms with Crippen LogP contribution in [-0.4, -0.2) is 47.2 Å². The fourth-order valence-electron chi connectivity index (χ4n) is 2.51. The van der Waals surface area contributed by atoms with Crippen molar-refractivity contribution in [3.05, 3.63) is 22.4 Å². The molecule has 0 saturated carbocycles. The highest BCUT2D eigenvalue weighted by molar-refractivity contribution is 7.86. The highest BCUT2D eigenvalue weighted by Crippen LogP contribution is 2.24. The van der Waals surface area contributed by atoms with E-state index < -0.39 is 22.2 Å². The van der Waals surface area contributed by atoms with Gasteiger partial charge in [-0.1, -0.05) is 13.0 Å². The molecular formula is C13H20N2O4S2. The Kier molecular flexibility index (Phi) is 5.37. The van der Waals surface area contributed by atoms with Gasteiger partial charge in [-0.25, -0.2) is 0 Å². The van der Waals surface area contributed by atoms with Crippen LogP contribution in [-0.2, 0) is 21.5 Å². The summed E-state index contributed by atoms with van der Waals surface area (Å²) in [6, 6.07) is 2.82. The molecule has 2 heterocycles. The van der Waals surface area contributed by atoms with Gasteiger partial charge < -0.3 is 5.11 Å². The molecule has 118 valence electrons. The zero-order valence-electron chi connectivity index (χ0n) is 11.9. The summed E-state index contributed by atoms with van der Waals surface area (Å²) in [4.78, 5) is 12.3. The van der Waals surface area contributed by atoms with Crippen molar-refractivity contribution in [1.82, 2.24) is 8.61 Å². The van der Waals surface area contributed by atoms with Crippen molar-refractivity contribution < 1.29 is 18.3 Å². The molecule has 1 saturated heterocycles. The Bertz CT molecular complexity index is 571. The van der Waals surface area contributed by atoms with Crippen LogP contribution in [0.5, 0.6) is 0 Å². The highest BCUT2D eigenvalue weighted by Gasteiger charge is 2.39. The van der Waals surface area contributed by atoms with E-state index in [0.29, 0.717) is 25.9 Å². The molecule has 1 aromatic heterocycles. The van der Waals surface area contributed by atoms with Crippen molar-refractivity contribution in [2.24, 2.45) is 0 Å². The van der Waals surface area contributed by atoms with Gasteiger partial charge in [0, 0.05) is 24.5 Å². The number of thiophene rings is 1. The molecule has 21 heavy (non-hydrogen) atoms. The number of nitrogens with zero attached hydrogens (tertiary/aromatic N) is 2. The van der Waals surface area contributed by atoms with Gasteiger partial charge in [-0.3, -0.25) is 4.79 Å². The molecule has 1 aromatic rings. The third kappa shape index (κ3) is 3.63. The predicted octanol–water partition coefficient (Wildman–Crippen LogP) is 1.75. The monoisotopic (exact) mass is 332 g/mol. The lowest BCUT2D eigenvalue weighted by molar-refractivity contribution is -0.142. The van der Waals surface area contributed by atoms with Gasteiger partial charge in [0.25, 0.3) is 10.2 Å². The second kappa shape index (κ2) is 6.87. The van der Waals surface area contributed by atoms with E-state index in [1.807, 2.05) is 17.5 Å². The average Bonchev–Trinajstić information content (AvgIpc) is 2.97. The Morgan fingerprint density at radius 2 is 2.29 bits per heavy atom. The SMILES string of the molecule is CCN(Cc1cccs1)S(=O)(=O)N1CCCCC1C(=O)O. The maximum atomic E-state index is 12.8. The van der Waals surface area contributed by atoms with E-state index in [2.05, 4.69) is 0 Å². The first-order chi connectivity index (χ1) is 9.96. The van der Waals surface area contributed by atoms with Crippen LogP contribution in [0.25, 0.3) is 0 Å². The lowest BCUT2D eigenvalue weighted by atomic mass is 10.1. The van der Waals surface area contributed by atoms with Gasteiger partial charge in [-0.2, -0.15) is 17.0 Å². The largest absolute Gasteiger partial charge is 0.480 e. The summed E-state index contributed by atoms with van der Waals surface area (Å²) in [6.45, 7) is 2.66. The topological polar surface area (TPSA) is 77.9 Å². The van der Waals surface area contributed by atoms with Gasteiger partial charge >= 0.3 is 5.97 Å². The molecule has 1 fully saturated rings. The van der Waals surface area contributed by atoms with Crippen LogP contribution in [0.2, 0.25) is 0 Å². The molecule has 0 aliphatic carbocycles. The minimum atomic E-state index is -3.75. The molecule has 6 nitrogen and oxygen atoms in total. The summed E-state index contributed by atoms with van der Waals surface area (Å²) in [6.07, 6.45) is 1.84. The number of carboxylic acids is 1. The number of rotatable bonds is 6. The Balaban J connectivity index is 2.22. The standard InChI is InChI=1S/C13H20N2O4S2/c1-2-14(10-11-6-5-9-20-11)21(18,19)15-8-4-3-7-12(15)13(16)17/h5-6,9,12H,2-4,7-8,10H2,1H3,(H,16,17). The summed E-state index contributed by atoms with van der Waals surface area (Å²) >= 11 is 1.50. The van der Waals surface area contributed by atoms with E-state index in [0.717, 1.165) is 15.6 Å². The van der Waals surface area contributed by atoms with E-state index in [1.165, 1.54) is 15.6 Å². The molecule has 0 spiro atoms. The maximum Gasteiger partial charge on any atom is 0.322 e. The third-order valence-corrected chi connectivity index (χ3v) is 6.56. The van der Waals surface area contributed by atoms with Gasteiger partial charge in [0.2, 0.25) is 0 Å². The van der Waals surface area contributed by atoms with Crippen molar-refractivity contribution in [3.63, 3.8) is 0 Å². The van der Waals surface area contributed by atoms with E-state index in [9.17, 15) is 18.3 Å². The molecule has 0 bridgehead atoms. The molecule has 8 heteroatoms. The van der Waals surface area contributed by atoms with Crippen LogP contribution >= 0.6 is 11.3 Å². The van der Waals surface area contributed by atoms with Gasteiger partial charge in [-0.05, 0) is 30.7 Å². The van der Waals surface area contributed by atoms with Gasteiger partial charge in [0.05, 0.1) is 0 Å². The first-order valence-electron chi connectivity index (χ1n) is 6.99. The second-order valence-corrected chi connectivity index (χ2v) is 7.89. The summed E-state index contributed by atoms with van der Waals surface area (Å²) in [5, 5.41) is 11.2. The summed E-state index contributed by atoms with van der Waals surface area (Å²) in [7, 11) is -3.75. The molecule has 1 aliphatic heterocycles. The lowest BCUT2D eigenvalue weighted by Gasteiger charge is -2.35. The van der Waals surface area contributed by atoms with Crippen LogP contribution in [0.1, 0.15) is 31.1 Å². The quantitative estimate of drug-likeness (QED) is 0.861. The van der Waals surface area contributed by atoms with Gasteiger partial charge in [0.1, 0.15) is 6.04 Å². The summed E-state index contributed by atoms with van der Waals surface area (Å²) in [5.74, 6) is -1.06. The van der Waals surface area contributed by atoms with Crippen molar-refractivity contribution in [3.8, 4) is 0 Å².